The molecule has 0 unspecified atom stereocenters. The number of pyridine rings is 1. The van der Waals surface area contributed by atoms with E-state index in [4.69, 9.17) is 10.5 Å². The van der Waals surface area contributed by atoms with Crippen molar-refractivity contribution in [3.05, 3.63) is 50.4 Å². The summed E-state index contributed by atoms with van der Waals surface area (Å²) in [6.07, 6.45) is 2.79. The molecule has 4 rings (SSSR count). The lowest BCUT2D eigenvalue weighted by molar-refractivity contribution is -0.759. The van der Waals surface area contributed by atoms with E-state index in [1.165, 1.54) is 33.3 Å². The molecular formula is C20H24N4O8S. The number of aryl methyl sites for hydroxylation is 1. The van der Waals surface area contributed by atoms with Gasteiger partial charge in [0.15, 0.2) is 6.73 Å². The second kappa shape index (κ2) is 8.39. The molecular weight excluding hydrogens is 456 g/mol. The molecule has 13 heteroatoms. The summed E-state index contributed by atoms with van der Waals surface area (Å²) in [6.45, 7) is 1.39. The number of carbonyl (C=O) groups is 1. The van der Waals surface area contributed by atoms with E-state index in [0.29, 0.717) is 36.8 Å². The molecule has 2 fully saturated rings. The molecule has 1 aliphatic heterocycles. The predicted molar refractivity (Wildman–Crippen MR) is 115 cm³/mol. The molecule has 33 heavy (non-hydrogen) atoms. The van der Waals surface area contributed by atoms with Crippen LogP contribution < -0.4 is 11.3 Å². The van der Waals surface area contributed by atoms with E-state index in [1.807, 2.05) is 0 Å². The Bertz CT molecular complexity index is 1280. The highest BCUT2D eigenvalue weighted by Crippen LogP contribution is 2.47. The lowest BCUT2D eigenvalue weighted by Gasteiger charge is -2.19. The Morgan fingerprint density at radius 2 is 2.09 bits per heavy atom. The number of hydrogen-bond acceptors (Lipinski definition) is 9. The number of nitrogens with zero attached hydrogens (tertiary/aromatic N) is 3. The van der Waals surface area contributed by atoms with Gasteiger partial charge in [0.2, 0.25) is 10.0 Å². The summed E-state index contributed by atoms with van der Waals surface area (Å²) in [5, 5.41) is 9.93. The zero-order chi connectivity index (χ0) is 24.0. The van der Waals surface area contributed by atoms with Crippen molar-refractivity contribution >= 4 is 26.8 Å². The Kier molecular flexibility index (Phi) is 5.88. The zero-order valence-electron chi connectivity index (χ0n) is 17.9. The first-order valence-corrected chi connectivity index (χ1v) is 11.8. The predicted octanol–water partition coefficient (Wildman–Crippen LogP) is 0.521. The van der Waals surface area contributed by atoms with Crippen LogP contribution in [-0.4, -0.2) is 54.1 Å². The number of fused-ring (bicyclic) bond motifs is 1. The van der Waals surface area contributed by atoms with Crippen LogP contribution in [0.4, 0.5) is 0 Å². The van der Waals surface area contributed by atoms with Crippen LogP contribution >= 0.6 is 0 Å². The van der Waals surface area contributed by atoms with Gasteiger partial charge in [-0.25, -0.2) is 8.42 Å². The lowest BCUT2D eigenvalue weighted by Crippen LogP contribution is -2.32. The fourth-order valence-corrected chi connectivity index (χ4v) is 5.86. The number of rotatable bonds is 8. The number of sulfonamides is 1. The van der Waals surface area contributed by atoms with Gasteiger partial charge in [-0.3, -0.25) is 14.2 Å². The number of benzene rings is 1. The maximum absolute atomic E-state index is 13.2. The highest BCUT2D eigenvalue weighted by atomic mass is 32.2. The third kappa shape index (κ3) is 4.30. The second-order valence-electron chi connectivity index (χ2n) is 8.52. The standard InChI is InChI=1S/C20H24N4O8S/c1-13-9-22(12-31-19(26)20(6-7-20)11-32-24(27)28)18(25)15-3-2-4-16(17(13)15)33(29,30)23-8-5-14(21)10-23/h2-4,9,14H,5-8,10-12,21H2,1H3/t14-/m0/s1. The minimum Gasteiger partial charge on any atom is -0.443 e. The first-order valence-electron chi connectivity index (χ1n) is 10.4. The Morgan fingerprint density at radius 1 is 1.36 bits per heavy atom. The summed E-state index contributed by atoms with van der Waals surface area (Å²) >= 11 is 0. The SMILES string of the molecule is Cc1cn(COC(=O)C2(CO[N+](=O)[O-])CC2)c(=O)c2cccc(S(=O)(=O)N3CC[C@H](N)C3)c12. The first-order chi connectivity index (χ1) is 15.5. The summed E-state index contributed by atoms with van der Waals surface area (Å²) in [5.41, 5.74) is 4.79. The van der Waals surface area contributed by atoms with Crippen LogP contribution in [0.5, 0.6) is 0 Å². The van der Waals surface area contributed by atoms with Crippen molar-refractivity contribution in [3.8, 4) is 0 Å². The monoisotopic (exact) mass is 480 g/mol. The van der Waals surface area contributed by atoms with E-state index >= 15 is 0 Å². The van der Waals surface area contributed by atoms with Gasteiger partial charge in [-0.05, 0) is 43.9 Å². The minimum absolute atomic E-state index is 0.0294. The smallest absolute Gasteiger partial charge is 0.315 e. The molecule has 1 aromatic heterocycles. The number of hydrogen-bond donors (Lipinski definition) is 1. The summed E-state index contributed by atoms with van der Waals surface area (Å²) in [7, 11) is -3.85. The second-order valence-corrected chi connectivity index (χ2v) is 10.4. The highest BCUT2D eigenvalue weighted by Gasteiger charge is 2.52. The van der Waals surface area contributed by atoms with Crippen molar-refractivity contribution in [3.63, 3.8) is 0 Å². The number of carbonyl (C=O) groups excluding carboxylic acids is 1. The third-order valence-electron chi connectivity index (χ3n) is 6.13. The third-order valence-corrected chi connectivity index (χ3v) is 8.04. The van der Waals surface area contributed by atoms with Gasteiger partial charge in [-0.1, -0.05) is 6.07 Å². The molecule has 0 spiro atoms. The van der Waals surface area contributed by atoms with Crippen molar-refractivity contribution < 1.29 is 27.9 Å². The maximum atomic E-state index is 13.2. The number of ether oxygens (including phenoxy) is 1. The lowest BCUT2D eigenvalue weighted by atomic mass is 10.1. The van der Waals surface area contributed by atoms with E-state index in [1.54, 1.807) is 6.92 Å². The number of nitrogens with two attached hydrogens (primary N) is 1. The van der Waals surface area contributed by atoms with Crippen molar-refractivity contribution in [2.45, 2.75) is 43.9 Å². The fourth-order valence-electron chi connectivity index (χ4n) is 4.07. The van der Waals surface area contributed by atoms with Crippen molar-refractivity contribution in [1.29, 1.82) is 0 Å². The van der Waals surface area contributed by atoms with Gasteiger partial charge >= 0.3 is 5.97 Å². The van der Waals surface area contributed by atoms with Gasteiger partial charge < -0.3 is 15.3 Å². The Labute approximate surface area is 189 Å². The normalized spacial score (nSPS) is 20.0. The number of esters is 1. The zero-order valence-corrected chi connectivity index (χ0v) is 18.7. The van der Waals surface area contributed by atoms with Gasteiger partial charge in [0.1, 0.15) is 6.61 Å². The minimum atomic E-state index is -3.85. The molecule has 0 radical (unpaired) electrons. The fraction of sp³-hybridized carbons (Fsp3) is 0.500. The molecule has 2 aliphatic rings. The van der Waals surface area contributed by atoms with Gasteiger partial charge in [0, 0.05) is 36.1 Å². The van der Waals surface area contributed by atoms with Gasteiger partial charge in [0.05, 0.1) is 10.3 Å². The summed E-state index contributed by atoms with van der Waals surface area (Å²) in [6, 6.07) is 4.25. The molecule has 1 aliphatic carbocycles. The largest absolute Gasteiger partial charge is 0.443 e. The molecule has 178 valence electrons. The van der Waals surface area contributed by atoms with Crippen LogP contribution in [0, 0.1) is 22.5 Å². The molecule has 2 heterocycles. The molecule has 1 saturated heterocycles. The Morgan fingerprint density at radius 3 is 2.70 bits per heavy atom. The molecule has 1 aromatic carbocycles. The van der Waals surface area contributed by atoms with Crippen molar-refractivity contribution in [2.75, 3.05) is 19.7 Å². The van der Waals surface area contributed by atoms with Crippen molar-refractivity contribution in [1.82, 2.24) is 8.87 Å². The van der Waals surface area contributed by atoms with E-state index < -0.39 is 45.4 Å². The average Bonchev–Trinajstić information content (AvgIpc) is 3.45. The van der Waals surface area contributed by atoms with Gasteiger partial charge in [0.25, 0.3) is 10.6 Å². The van der Waals surface area contributed by atoms with Gasteiger partial charge in [-0.2, -0.15) is 4.31 Å². The molecule has 2 N–H and O–H groups in total. The van der Waals surface area contributed by atoms with Crippen LogP contribution in [0.1, 0.15) is 24.8 Å². The Balaban J connectivity index is 1.61. The maximum Gasteiger partial charge on any atom is 0.315 e. The molecule has 0 bridgehead atoms. The van der Waals surface area contributed by atoms with Gasteiger partial charge in [-0.15, -0.1) is 10.1 Å². The number of aromatic nitrogens is 1. The van der Waals surface area contributed by atoms with Crippen LogP contribution in [-0.2, 0) is 31.1 Å². The molecule has 0 amide bonds. The molecule has 12 nitrogen and oxygen atoms in total. The first kappa shape index (κ1) is 23.1. The van der Waals surface area contributed by atoms with E-state index in [2.05, 4.69) is 4.84 Å². The summed E-state index contributed by atoms with van der Waals surface area (Å²) in [4.78, 5) is 40.2. The van der Waals surface area contributed by atoms with E-state index in [-0.39, 0.29) is 22.9 Å². The van der Waals surface area contributed by atoms with Crippen LogP contribution in [0.25, 0.3) is 10.8 Å². The summed E-state index contributed by atoms with van der Waals surface area (Å²) < 4.78 is 34.2. The van der Waals surface area contributed by atoms with E-state index in [9.17, 15) is 28.1 Å². The highest BCUT2D eigenvalue weighted by molar-refractivity contribution is 7.89. The average molecular weight is 480 g/mol. The Hall–Kier alpha value is -3.03. The van der Waals surface area contributed by atoms with Crippen molar-refractivity contribution in [2.24, 2.45) is 11.1 Å². The van der Waals surface area contributed by atoms with Crippen LogP contribution in [0.15, 0.2) is 34.1 Å². The van der Waals surface area contributed by atoms with Crippen LogP contribution in [0.3, 0.4) is 0 Å². The van der Waals surface area contributed by atoms with E-state index in [0.717, 1.165) is 0 Å². The molecule has 1 saturated carbocycles. The quantitative estimate of drug-likeness (QED) is 0.322. The topological polar surface area (TPSA) is 164 Å². The van der Waals surface area contributed by atoms with Crippen LogP contribution in [0.2, 0.25) is 0 Å². The molecule has 2 aromatic rings. The summed E-state index contributed by atoms with van der Waals surface area (Å²) in [5.74, 6) is -0.685. The molecule has 1 atom stereocenters.